The van der Waals surface area contributed by atoms with Crippen LogP contribution in [0.4, 0.5) is 0 Å². The number of hydrogen-bond acceptors (Lipinski definition) is 3. The van der Waals surface area contributed by atoms with Gasteiger partial charge in [-0.2, -0.15) is 0 Å². The van der Waals surface area contributed by atoms with Gasteiger partial charge in [0.2, 0.25) is 0 Å². The van der Waals surface area contributed by atoms with Crippen molar-refractivity contribution in [2.45, 2.75) is 52.2 Å². The highest BCUT2D eigenvalue weighted by atomic mass is 31.1. The monoisotopic (exact) mass is 235 g/mol. The number of esters is 1. The summed E-state index contributed by atoms with van der Waals surface area (Å²) in [4.78, 5) is 11.5. The first-order valence-corrected chi connectivity index (χ1v) is 6.52. The van der Waals surface area contributed by atoms with Gasteiger partial charge in [0.05, 0.1) is 6.61 Å². The number of rotatable bonds is 4. The molecule has 0 fully saturated rings. The Bertz CT molecular complexity index is 256. The van der Waals surface area contributed by atoms with Crippen molar-refractivity contribution in [1.29, 1.82) is 0 Å². The lowest BCUT2D eigenvalue weighted by atomic mass is 10.1. The van der Waals surface area contributed by atoms with Crippen molar-refractivity contribution in [2.75, 3.05) is 6.61 Å². The van der Waals surface area contributed by atoms with Crippen molar-refractivity contribution < 1.29 is 14.1 Å². The van der Waals surface area contributed by atoms with Crippen molar-refractivity contribution in [3.05, 3.63) is 0 Å². The van der Waals surface area contributed by atoms with E-state index >= 15 is 0 Å². The molecule has 0 spiro atoms. The fourth-order valence-corrected chi connectivity index (χ4v) is 1.88. The Morgan fingerprint density at radius 2 is 1.73 bits per heavy atom. The first-order valence-electron chi connectivity index (χ1n) is 5.11. The van der Waals surface area contributed by atoms with Crippen LogP contribution in [-0.2, 0) is 14.1 Å². The van der Waals surface area contributed by atoms with E-state index in [0.717, 1.165) is 0 Å². The Labute approximate surface area is 92.6 Å². The lowest BCUT2D eigenvalue weighted by Crippen LogP contribution is -2.45. The van der Waals surface area contributed by atoms with Gasteiger partial charge in [0.15, 0.2) is 0 Å². The molecule has 4 nitrogen and oxygen atoms in total. The summed E-state index contributed by atoms with van der Waals surface area (Å²) in [7, 11) is -2.03. The summed E-state index contributed by atoms with van der Waals surface area (Å²) in [5.74, 6) is -0.368. The fraction of sp³-hybridized carbons (Fsp3) is 0.900. The van der Waals surface area contributed by atoms with E-state index in [2.05, 4.69) is 5.09 Å². The number of carbonyl (C=O) groups is 1. The van der Waals surface area contributed by atoms with Crippen LogP contribution in [-0.4, -0.2) is 23.3 Å². The predicted octanol–water partition coefficient (Wildman–Crippen LogP) is 2.19. The quantitative estimate of drug-likeness (QED) is 0.599. The number of carbonyl (C=O) groups excluding carboxylic acids is 1. The zero-order valence-electron chi connectivity index (χ0n) is 10.4. The van der Waals surface area contributed by atoms with Crippen molar-refractivity contribution in [2.24, 2.45) is 0 Å². The first kappa shape index (κ1) is 14.7. The summed E-state index contributed by atoms with van der Waals surface area (Å²) in [6.07, 6.45) is 0. The molecule has 0 amide bonds. The third-order valence-electron chi connectivity index (χ3n) is 1.89. The van der Waals surface area contributed by atoms with Crippen molar-refractivity contribution in [1.82, 2.24) is 5.09 Å². The molecule has 0 bridgehead atoms. The van der Waals surface area contributed by atoms with Gasteiger partial charge in [-0.3, -0.25) is 9.88 Å². The minimum absolute atomic E-state index is 0.325. The van der Waals surface area contributed by atoms with Crippen LogP contribution in [0.1, 0.15) is 41.5 Å². The molecule has 0 saturated carbocycles. The third-order valence-corrected chi connectivity index (χ3v) is 4.11. The Balaban J connectivity index is 4.51. The summed E-state index contributed by atoms with van der Waals surface area (Å²) in [5.41, 5.74) is -0.890. The van der Waals surface area contributed by atoms with E-state index in [9.17, 15) is 9.36 Å². The van der Waals surface area contributed by atoms with Gasteiger partial charge in [-0.15, -0.1) is 0 Å². The molecule has 90 valence electrons. The molecule has 0 aliphatic carbocycles. The van der Waals surface area contributed by atoms with E-state index in [4.69, 9.17) is 4.74 Å². The summed E-state index contributed by atoms with van der Waals surface area (Å²) >= 11 is 0. The van der Waals surface area contributed by atoms with E-state index in [-0.39, 0.29) is 11.1 Å². The average molecular weight is 235 g/mol. The van der Waals surface area contributed by atoms with Crippen LogP contribution in [0.25, 0.3) is 0 Å². The molecule has 1 unspecified atom stereocenters. The number of nitrogens with one attached hydrogen (secondary N) is 1. The zero-order chi connectivity index (χ0) is 12.3. The molecule has 0 aromatic heterocycles. The molecular formula is C10H22NO3P. The van der Waals surface area contributed by atoms with E-state index in [1.807, 2.05) is 20.8 Å². The van der Waals surface area contributed by atoms with Crippen molar-refractivity contribution in [3.63, 3.8) is 0 Å². The Morgan fingerprint density at radius 1 is 1.27 bits per heavy atom. The average Bonchev–Trinajstić information content (AvgIpc) is 2.02. The van der Waals surface area contributed by atoms with Gasteiger partial charge in [-0.1, -0.05) is 20.8 Å². The summed E-state index contributed by atoms with van der Waals surface area (Å²) in [6, 6.07) is 0. The largest absolute Gasteiger partial charge is 0.465 e. The molecule has 1 N–H and O–H groups in total. The van der Waals surface area contributed by atoms with Gasteiger partial charge in [-0.05, 0) is 20.8 Å². The molecule has 0 saturated heterocycles. The normalized spacial score (nSPS) is 14.8. The van der Waals surface area contributed by atoms with Crippen LogP contribution < -0.4 is 5.09 Å². The van der Waals surface area contributed by atoms with E-state index in [1.165, 1.54) is 0 Å². The minimum atomic E-state index is -2.03. The highest BCUT2D eigenvalue weighted by molar-refractivity contribution is 7.44. The van der Waals surface area contributed by atoms with Crippen LogP contribution in [0.15, 0.2) is 0 Å². The first-order chi connectivity index (χ1) is 6.61. The summed E-state index contributed by atoms with van der Waals surface area (Å²) in [5, 5.41) is 2.53. The maximum absolute atomic E-state index is 11.9. The maximum Gasteiger partial charge on any atom is 0.326 e. The maximum atomic E-state index is 11.9. The molecular weight excluding hydrogens is 213 g/mol. The molecule has 0 heterocycles. The second-order valence-corrected chi connectivity index (χ2v) is 7.46. The number of hydrogen-bond donors (Lipinski definition) is 1. The molecule has 1 atom stereocenters. The van der Waals surface area contributed by atoms with Gasteiger partial charge in [0, 0.05) is 5.16 Å². The van der Waals surface area contributed by atoms with Crippen LogP contribution in [0.2, 0.25) is 0 Å². The zero-order valence-corrected chi connectivity index (χ0v) is 11.4. The van der Waals surface area contributed by atoms with Crippen molar-refractivity contribution in [3.8, 4) is 0 Å². The minimum Gasteiger partial charge on any atom is -0.465 e. The van der Waals surface area contributed by atoms with Gasteiger partial charge in [0.1, 0.15) is 13.5 Å². The second kappa shape index (κ2) is 5.13. The van der Waals surface area contributed by atoms with Crippen molar-refractivity contribution >= 4 is 13.9 Å². The van der Waals surface area contributed by atoms with Gasteiger partial charge in [0.25, 0.3) is 0 Å². The summed E-state index contributed by atoms with van der Waals surface area (Å²) in [6.45, 7) is 11.1. The molecule has 5 heteroatoms. The predicted molar refractivity (Wildman–Crippen MR) is 62.6 cm³/mol. The topological polar surface area (TPSA) is 55.4 Å². The Morgan fingerprint density at radius 3 is 2.07 bits per heavy atom. The van der Waals surface area contributed by atoms with E-state index < -0.39 is 13.5 Å². The number of ether oxygens (including phenoxy) is 1. The van der Waals surface area contributed by atoms with Gasteiger partial charge >= 0.3 is 5.97 Å². The Kier molecular flexibility index (Phi) is 5.01. The SMILES string of the molecule is CCOC(=O)C(C)(C)N[PH](=O)C(C)(C)C. The van der Waals surface area contributed by atoms with Crippen LogP contribution >= 0.6 is 7.95 Å². The van der Waals surface area contributed by atoms with Crippen LogP contribution in [0, 0.1) is 0 Å². The van der Waals surface area contributed by atoms with E-state index in [0.29, 0.717) is 6.61 Å². The van der Waals surface area contributed by atoms with E-state index in [1.54, 1.807) is 20.8 Å². The highest BCUT2D eigenvalue weighted by Crippen LogP contribution is 2.36. The molecule has 15 heavy (non-hydrogen) atoms. The molecule has 0 radical (unpaired) electrons. The smallest absolute Gasteiger partial charge is 0.326 e. The summed E-state index contributed by atoms with van der Waals surface area (Å²) < 4.78 is 16.8. The lowest BCUT2D eigenvalue weighted by Gasteiger charge is -2.28. The lowest BCUT2D eigenvalue weighted by molar-refractivity contribution is -0.148. The van der Waals surface area contributed by atoms with Gasteiger partial charge in [-0.25, -0.2) is 0 Å². The molecule has 0 aromatic rings. The van der Waals surface area contributed by atoms with Gasteiger partial charge < -0.3 is 9.30 Å². The molecule has 0 aliphatic rings. The molecule has 0 rings (SSSR count). The second-order valence-electron chi connectivity index (χ2n) is 5.05. The highest BCUT2D eigenvalue weighted by Gasteiger charge is 2.33. The standard InChI is InChI=1S/C10H22NO3P/c1-7-14-8(12)10(5,6)11-15(13)9(2,3)4/h15H,7H2,1-6H3,(H,11,13). The van der Waals surface area contributed by atoms with Crippen LogP contribution in [0.5, 0.6) is 0 Å². The Hall–Kier alpha value is -0.340. The molecule has 0 aromatic carbocycles. The third kappa shape index (κ3) is 4.80. The molecule has 0 aliphatic heterocycles. The fourth-order valence-electron chi connectivity index (χ4n) is 0.834. The van der Waals surface area contributed by atoms with Crippen LogP contribution in [0.3, 0.4) is 0 Å².